The van der Waals surface area contributed by atoms with E-state index in [0.29, 0.717) is 17.8 Å². The molecule has 0 N–H and O–H groups in total. The molecule has 0 aliphatic heterocycles. The highest BCUT2D eigenvalue weighted by Gasteiger charge is 2.32. The van der Waals surface area contributed by atoms with Crippen molar-refractivity contribution in [3.8, 4) is 22.5 Å². The van der Waals surface area contributed by atoms with Crippen molar-refractivity contribution in [1.82, 2.24) is 4.57 Å². The van der Waals surface area contributed by atoms with Gasteiger partial charge in [0.15, 0.2) is 11.4 Å². The average Bonchev–Trinajstić information content (AvgIpc) is 2.99. The van der Waals surface area contributed by atoms with Crippen LogP contribution in [-0.2, 0) is 4.79 Å². The summed E-state index contributed by atoms with van der Waals surface area (Å²) in [6, 6.07) is 17.7. The van der Waals surface area contributed by atoms with Gasteiger partial charge in [-0.15, -0.1) is 0 Å². The van der Waals surface area contributed by atoms with E-state index in [1.807, 2.05) is 74.5 Å². The van der Waals surface area contributed by atoms with E-state index in [0.717, 1.165) is 15.9 Å². The molecule has 1 heterocycles. The molecule has 134 valence electrons. The first-order valence-electron chi connectivity index (χ1n) is 8.70. The minimum absolute atomic E-state index is 0.182. The van der Waals surface area contributed by atoms with Crippen LogP contribution in [0.15, 0.2) is 67.0 Å². The lowest BCUT2D eigenvalue weighted by Gasteiger charge is -2.22. The summed E-state index contributed by atoms with van der Waals surface area (Å²) in [5, 5.41) is 24.7. The van der Waals surface area contributed by atoms with E-state index in [2.05, 4.69) is 0 Å². The number of rotatable bonds is 6. The van der Waals surface area contributed by atoms with Gasteiger partial charge in [-0.05, 0) is 6.42 Å². The molecule has 0 spiro atoms. The zero-order chi connectivity index (χ0) is 18.7. The first-order valence-corrected chi connectivity index (χ1v) is 8.70. The molecule has 0 aliphatic rings. The van der Waals surface area contributed by atoms with Crippen LogP contribution in [0, 0.1) is 11.1 Å². The first-order chi connectivity index (χ1) is 12.5. The summed E-state index contributed by atoms with van der Waals surface area (Å²) in [6.45, 7) is 3.78. The van der Waals surface area contributed by atoms with Gasteiger partial charge in [0.2, 0.25) is 6.33 Å². The van der Waals surface area contributed by atoms with Gasteiger partial charge in [0.25, 0.3) is 0 Å². The van der Waals surface area contributed by atoms with Crippen molar-refractivity contribution in [3.63, 3.8) is 0 Å². The lowest BCUT2D eigenvalue weighted by Crippen LogP contribution is -2.37. The largest absolute Gasteiger partial charge is 0.710 e. The van der Waals surface area contributed by atoms with Gasteiger partial charge in [0, 0.05) is 17.0 Å². The summed E-state index contributed by atoms with van der Waals surface area (Å²) in [6.07, 6.45) is 1.97. The molecule has 0 amide bonds. The van der Waals surface area contributed by atoms with Crippen LogP contribution in [0.5, 0.6) is 0 Å². The minimum Gasteiger partial charge on any atom is -0.710 e. The van der Waals surface area contributed by atoms with Gasteiger partial charge >= 0.3 is 0 Å². The van der Waals surface area contributed by atoms with Crippen LogP contribution in [0.4, 0.5) is 0 Å². The highest BCUT2D eigenvalue weighted by molar-refractivity contribution is 5.79. The number of nitrogens with zero attached hydrogens (tertiary/aromatic N) is 2. The number of hydrogen-bond donors (Lipinski definition) is 0. The van der Waals surface area contributed by atoms with Crippen LogP contribution in [-0.4, -0.2) is 10.5 Å². The van der Waals surface area contributed by atoms with Crippen molar-refractivity contribution in [2.45, 2.75) is 26.3 Å². The van der Waals surface area contributed by atoms with Crippen LogP contribution in [0.3, 0.4) is 0 Å². The monoisotopic (exact) mass is 349 g/mol. The Morgan fingerprint density at radius 3 is 2.08 bits per heavy atom. The highest BCUT2D eigenvalue weighted by Crippen LogP contribution is 2.34. The van der Waals surface area contributed by atoms with E-state index < -0.39 is 12.0 Å². The van der Waals surface area contributed by atoms with Crippen LogP contribution < -0.4 is 9.84 Å². The number of aliphatic carboxylic acids is 1. The van der Waals surface area contributed by atoms with Crippen LogP contribution in [0.2, 0.25) is 0 Å². The molecule has 2 aromatic carbocycles. The molecule has 3 rings (SSSR count). The Kier molecular flexibility index (Phi) is 5.07. The van der Waals surface area contributed by atoms with Crippen LogP contribution >= 0.6 is 0 Å². The molecule has 1 aromatic heterocycles. The lowest BCUT2D eigenvalue weighted by molar-refractivity contribution is -0.593. The van der Waals surface area contributed by atoms with Gasteiger partial charge < -0.3 is 15.1 Å². The predicted molar refractivity (Wildman–Crippen MR) is 97.8 cm³/mol. The molecule has 0 unspecified atom stereocenters. The standard InChI is InChI=1S/C21H22N2O3/c1-3-15(2)18(21(24)25)22-14-23(26)20(17-12-8-5-9-13-17)19(22)16-10-6-4-7-11-16/h4-15,18H,3H2,1-2H3,(H,24,25)/p-1/t15-,18+/m1/s1. The zero-order valence-electron chi connectivity index (χ0n) is 14.8. The molecule has 5 heteroatoms. The Morgan fingerprint density at radius 2 is 1.58 bits per heavy atom. The van der Waals surface area contributed by atoms with Crippen molar-refractivity contribution < 1.29 is 14.6 Å². The first kappa shape index (κ1) is 17.7. The number of aromatic nitrogens is 2. The fourth-order valence-electron chi connectivity index (χ4n) is 3.25. The Morgan fingerprint density at radius 1 is 1.04 bits per heavy atom. The van der Waals surface area contributed by atoms with Gasteiger partial charge in [-0.25, -0.2) is 9.30 Å². The van der Waals surface area contributed by atoms with Crippen molar-refractivity contribution in [2.24, 2.45) is 5.92 Å². The fourth-order valence-corrected chi connectivity index (χ4v) is 3.25. The number of carbonyl (C=O) groups excluding carboxylic acids is 1. The van der Waals surface area contributed by atoms with Crippen LogP contribution in [0.1, 0.15) is 26.3 Å². The van der Waals surface area contributed by atoms with E-state index in [9.17, 15) is 15.1 Å². The molecule has 0 bridgehead atoms. The third kappa shape index (κ3) is 3.20. The maximum absolute atomic E-state index is 12.8. The fraction of sp³-hybridized carbons (Fsp3) is 0.238. The van der Waals surface area contributed by atoms with Gasteiger partial charge in [0.1, 0.15) is 6.04 Å². The third-order valence-corrected chi connectivity index (χ3v) is 4.75. The average molecular weight is 349 g/mol. The van der Waals surface area contributed by atoms with Crippen molar-refractivity contribution in [3.05, 3.63) is 72.2 Å². The predicted octanol–water partition coefficient (Wildman–Crippen LogP) is 2.79. The molecule has 5 nitrogen and oxygen atoms in total. The number of carboxylic acids is 1. The van der Waals surface area contributed by atoms with E-state index >= 15 is 0 Å². The van der Waals surface area contributed by atoms with Gasteiger partial charge in [-0.1, -0.05) is 74.5 Å². The van der Waals surface area contributed by atoms with E-state index in [4.69, 9.17) is 0 Å². The smallest absolute Gasteiger partial charge is 0.248 e. The second-order valence-electron chi connectivity index (χ2n) is 6.43. The van der Waals surface area contributed by atoms with E-state index in [-0.39, 0.29) is 5.92 Å². The second-order valence-corrected chi connectivity index (χ2v) is 6.43. The normalized spacial score (nSPS) is 13.3. The molecular formula is C21H21N2O3-. The maximum Gasteiger partial charge on any atom is 0.248 e. The van der Waals surface area contributed by atoms with E-state index in [1.54, 1.807) is 4.57 Å². The highest BCUT2D eigenvalue weighted by atomic mass is 16.5. The summed E-state index contributed by atoms with van der Waals surface area (Å²) in [7, 11) is 0. The molecule has 0 radical (unpaired) electrons. The molecule has 3 aromatic rings. The van der Waals surface area contributed by atoms with Crippen molar-refractivity contribution in [2.75, 3.05) is 0 Å². The number of hydrogen-bond acceptors (Lipinski definition) is 3. The molecule has 0 aliphatic carbocycles. The Hall–Kier alpha value is -3.08. The zero-order valence-corrected chi connectivity index (χ0v) is 14.8. The lowest BCUT2D eigenvalue weighted by atomic mass is 9.97. The number of carboxylic acid groups (broad SMARTS) is 1. The van der Waals surface area contributed by atoms with Crippen LogP contribution in [0.25, 0.3) is 22.5 Å². The molecule has 0 saturated carbocycles. The molecule has 26 heavy (non-hydrogen) atoms. The summed E-state index contributed by atoms with van der Waals surface area (Å²) >= 11 is 0. The molecule has 0 fully saturated rings. The molecule has 0 saturated heterocycles. The van der Waals surface area contributed by atoms with Crippen molar-refractivity contribution >= 4 is 5.97 Å². The molecular weight excluding hydrogens is 328 g/mol. The van der Waals surface area contributed by atoms with Gasteiger partial charge in [-0.3, -0.25) is 0 Å². The number of imidazole rings is 1. The van der Waals surface area contributed by atoms with Gasteiger partial charge in [-0.2, -0.15) is 0 Å². The topological polar surface area (TPSA) is 72.0 Å². The Labute approximate surface area is 152 Å². The quantitative estimate of drug-likeness (QED) is 0.507. The summed E-state index contributed by atoms with van der Waals surface area (Å²) in [5.41, 5.74) is 2.55. The maximum atomic E-state index is 12.8. The Balaban J connectivity index is 2.31. The third-order valence-electron chi connectivity index (χ3n) is 4.75. The summed E-state index contributed by atoms with van der Waals surface area (Å²) < 4.78 is 2.30. The second kappa shape index (κ2) is 7.44. The van der Waals surface area contributed by atoms with E-state index in [1.165, 1.54) is 6.33 Å². The number of carbonyl (C=O) groups is 1. The Bertz CT molecular complexity index is 888. The van der Waals surface area contributed by atoms with Crippen molar-refractivity contribution in [1.29, 1.82) is 0 Å². The number of benzene rings is 2. The summed E-state index contributed by atoms with van der Waals surface area (Å²) in [5.74, 6) is -1.37. The minimum atomic E-state index is -1.19. The molecule has 2 atom stereocenters. The summed E-state index contributed by atoms with van der Waals surface area (Å²) in [4.78, 5) is 11.9. The van der Waals surface area contributed by atoms with Gasteiger partial charge in [0.05, 0.1) is 5.97 Å². The SMILES string of the molecule is CC[C@@H](C)[C@@H](C(=O)[O-])n1c[n+]([O-])c(-c2ccccc2)c1-c1ccccc1.